The first-order valence-corrected chi connectivity index (χ1v) is 19.6. The first-order valence-electron chi connectivity index (χ1n) is 19.6. The van der Waals surface area contributed by atoms with E-state index in [1.165, 1.54) is 5.39 Å². The van der Waals surface area contributed by atoms with Gasteiger partial charge in [-0.1, -0.05) is 78.9 Å². The van der Waals surface area contributed by atoms with Gasteiger partial charge in [-0.05, 0) is 92.1 Å². The number of rotatable bonds is 17. The second-order valence-corrected chi connectivity index (χ2v) is 15.2. The number of ether oxygens (including phenoxy) is 7. The molecule has 2 heterocycles. The highest BCUT2D eigenvalue weighted by Gasteiger charge is 2.42. The summed E-state index contributed by atoms with van der Waals surface area (Å²) < 4.78 is 43.0. The summed E-state index contributed by atoms with van der Waals surface area (Å²) in [5.74, 6) is 0.647. The minimum absolute atomic E-state index is 0.140. The molecular formula is C45H57NO8. The second kappa shape index (κ2) is 20.1. The molecule has 0 radical (unpaired) electrons. The van der Waals surface area contributed by atoms with Gasteiger partial charge in [-0.15, -0.1) is 0 Å². The average Bonchev–Trinajstić information content (AvgIpc) is 3.18. The van der Waals surface area contributed by atoms with Crippen LogP contribution in [0.4, 0.5) is 4.79 Å². The van der Waals surface area contributed by atoms with Crippen LogP contribution < -0.4 is 4.74 Å². The van der Waals surface area contributed by atoms with E-state index in [9.17, 15) is 4.79 Å². The number of fused-ring (bicyclic) bond motifs is 1. The maximum atomic E-state index is 13.5. The van der Waals surface area contributed by atoms with Crippen molar-refractivity contribution in [2.24, 2.45) is 0 Å². The number of likely N-dealkylation sites (tertiary alicyclic amines) is 1. The molecule has 2 aliphatic rings. The number of amides is 1. The molecule has 0 aliphatic carbocycles. The molecule has 9 nitrogen and oxygen atoms in total. The third-order valence-corrected chi connectivity index (χ3v) is 9.67. The van der Waals surface area contributed by atoms with Crippen LogP contribution in [-0.2, 0) is 41.6 Å². The van der Waals surface area contributed by atoms with E-state index in [-0.39, 0.29) is 30.5 Å². The molecule has 4 unspecified atom stereocenters. The maximum Gasteiger partial charge on any atom is 0.410 e. The molecule has 54 heavy (non-hydrogen) atoms. The molecule has 0 bridgehead atoms. The summed E-state index contributed by atoms with van der Waals surface area (Å²) in [7, 11) is 0. The van der Waals surface area contributed by atoms with Gasteiger partial charge in [-0.2, -0.15) is 0 Å². The van der Waals surface area contributed by atoms with E-state index in [4.69, 9.17) is 33.2 Å². The molecule has 4 aromatic rings. The van der Waals surface area contributed by atoms with Crippen molar-refractivity contribution in [3.63, 3.8) is 0 Å². The predicted octanol–water partition coefficient (Wildman–Crippen LogP) is 9.06. The molecule has 0 saturated carbocycles. The Morgan fingerprint density at radius 1 is 0.722 bits per heavy atom. The molecule has 2 fully saturated rings. The molecule has 2 saturated heterocycles. The van der Waals surface area contributed by atoms with E-state index < -0.39 is 5.60 Å². The van der Waals surface area contributed by atoms with Gasteiger partial charge in [-0.3, -0.25) is 0 Å². The number of hydrogen-bond acceptors (Lipinski definition) is 8. The van der Waals surface area contributed by atoms with Gasteiger partial charge < -0.3 is 38.1 Å². The highest BCUT2D eigenvalue weighted by Crippen LogP contribution is 2.35. The second-order valence-electron chi connectivity index (χ2n) is 15.2. The summed E-state index contributed by atoms with van der Waals surface area (Å²) in [5.41, 5.74) is 2.67. The Morgan fingerprint density at radius 2 is 1.44 bits per heavy atom. The molecule has 4 aromatic carbocycles. The highest BCUT2D eigenvalue weighted by atomic mass is 16.7. The summed E-state index contributed by atoms with van der Waals surface area (Å²) in [6.07, 6.45) is 3.42. The predicted molar refractivity (Wildman–Crippen MR) is 210 cm³/mol. The maximum absolute atomic E-state index is 13.5. The van der Waals surface area contributed by atoms with Gasteiger partial charge in [0.05, 0.1) is 58.3 Å². The van der Waals surface area contributed by atoms with Crippen LogP contribution in [0.25, 0.3) is 10.8 Å². The van der Waals surface area contributed by atoms with Gasteiger partial charge >= 0.3 is 6.09 Å². The van der Waals surface area contributed by atoms with Crippen molar-refractivity contribution < 1.29 is 38.0 Å². The van der Waals surface area contributed by atoms with Gasteiger partial charge in [0.2, 0.25) is 0 Å². The first kappa shape index (κ1) is 39.7. The molecule has 0 aromatic heterocycles. The lowest BCUT2D eigenvalue weighted by molar-refractivity contribution is -0.165. The summed E-state index contributed by atoms with van der Waals surface area (Å²) in [4.78, 5) is 15.3. The SMILES string of the molecule is CC(C)(C)OC(=O)N1CC(OCCCOC2CCCCO2)C(c2ccc(OCCCOCc3ccccc3)cc2)C(OCc2ccc3ccccc3c2)C1. The lowest BCUT2D eigenvalue weighted by atomic mass is 9.84. The summed E-state index contributed by atoms with van der Waals surface area (Å²) in [6, 6.07) is 33.1. The van der Waals surface area contributed by atoms with E-state index in [1.54, 1.807) is 4.90 Å². The van der Waals surface area contributed by atoms with Crippen molar-refractivity contribution in [3.8, 4) is 5.75 Å². The van der Waals surface area contributed by atoms with E-state index in [0.29, 0.717) is 59.2 Å². The Balaban J connectivity index is 1.14. The Morgan fingerprint density at radius 3 is 2.20 bits per heavy atom. The van der Waals surface area contributed by atoms with Crippen molar-refractivity contribution in [1.29, 1.82) is 0 Å². The van der Waals surface area contributed by atoms with Crippen LogP contribution in [-0.4, -0.2) is 81.2 Å². The van der Waals surface area contributed by atoms with E-state index in [1.807, 2.05) is 63.2 Å². The van der Waals surface area contributed by atoms with Crippen LogP contribution in [0.1, 0.15) is 75.5 Å². The summed E-state index contributed by atoms with van der Waals surface area (Å²) >= 11 is 0. The van der Waals surface area contributed by atoms with E-state index in [0.717, 1.165) is 60.1 Å². The molecule has 0 spiro atoms. The standard InChI is InChI=1S/C45H57NO8/c1-45(2,3)54-44(47)46-30-40(50-27-12-28-52-42-17-9-10-25-51-42)43(41(31-46)53-33-35-18-19-36-15-7-8-16-38(36)29-35)37-20-22-39(23-21-37)49-26-11-24-48-32-34-13-5-4-6-14-34/h4-8,13-16,18-23,29,40-43H,9-12,17,24-28,30-33H2,1-3H3. The van der Waals surface area contributed by atoms with Crippen LogP contribution in [0, 0.1) is 0 Å². The summed E-state index contributed by atoms with van der Waals surface area (Å²) in [6.45, 7) is 10.3. The van der Waals surface area contributed by atoms with Crippen molar-refractivity contribution in [2.45, 2.75) is 96.1 Å². The van der Waals surface area contributed by atoms with Gasteiger partial charge in [0.1, 0.15) is 11.4 Å². The fraction of sp³-hybridized carbons (Fsp3) is 0.489. The zero-order chi connectivity index (χ0) is 37.6. The lowest BCUT2D eigenvalue weighted by Crippen LogP contribution is -2.55. The van der Waals surface area contributed by atoms with Gasteiger partial charge in [0.15, 0.2) is 6.29 Å². The number of piperidine rings is 1. The van der Waals surface area contributed by atoms with Gasteiger partial charge in [0.25, 0.3) is 0 Å². The monoisotopic (exact) mass is 739 g/mol. The smallest absolute Gasteiger partial charge is 0.410 e. The molecule has 6 rings (SSSR count). The molecular weight excluding hydrogens is 682 g/mol. The van der Waals surface area contributed by atoms with Gasteiger partial charge in [0, 0.05) is 25.6 Å². The fourth-order valence-electron chi connectivity index (χ4n) is 6.98. The van der Waals surface area contributed by atoms with Crippen LogP contribution in [0.3, 0.4) is 0 Å². The quantitative estimate of drug-likeness (QED) is 0.0993. The fourth-order valence-corrected chi connectivity index (χ4v) is 6.98. The molecule has 0 N–H and O–H groups in total. The zero-order valence-corrected chi connectivity index (χ0v) is 32.2. The average molecular weight is 740 g/mol. The van der Waals surface area contributed by atoms with Crippen LogP contribution in [0.5, 0.6) is 5.75 Å². The summed E-state index contributed by atoms with van der Waals surface area (Å²) in [5, 5.41) is 2.34. The number of carbonyl (C=O) groups is 1. The van der Waals surface area contributed by atoms with Crippen molar-refractivity contribution in [3.05, 3.63) is 114 Å². The Labute approximate surface area is 320 Å². The topological polar surface area (TPSA) is 84.9 Å². The molecule has 2 aliphatic heterocycles. The zero-order valence-electron chi connectivity index (χ0n) is 32.2. The molecule has 9 heteroatoms. The molecule has 1 amide bonds. The first-order chi connectivity index (χ1) is 26.3. The number of carbonyl (C=O) groups excluding carboxylic acids is 1. The molecule has 4 atom stereocenters. The van der Waals surface area contributed by atoms with Crippen LogP contribution >= 0.6 is 0 Å². The van der Waals surface area contributed by atoms with E-state index >= 15 is 0 Å². The normalized spacial score (nSPS) is 20.5. The Bertz CT molecular complexity index is 1700. The molecule has 290 valence electrons. The largest absolute Gasteiger partial charge is 0.494 e. The third kappa shape index (κ3) is 12.3. The van der Waals surface area contributed by atoms with Crippen molar-refractivity contribution >= 4 is 16.9 Å². The van der Waals surface area contributed by atoms with Gasteiger partial charge in [-0.25, -0.2) is 4.79 Å². The minimum atomic E-state index is -0.631. The third-order valence-electron chi connectivity index (χ3n) is 9.67. The van der Waals surface area contributed by atoms with Crippen molar-refractivity contribution in [2.75, 3.05) is 46.1 Å². The highest BCUT2D eigenvalue weighted by molar-refractivity contribution is 5.82. The van der Waals surface area contributed by atoms with Crippen LogP contribution in [0.15, 0.2) is 97.1 Å². The number of hydrogen-bond donors (Lipinski definition) is 0. The van der Waals surface area contributed by atoms with Crippen molar-refractivity contribution in [1.82, 2.24) is 4.90 Å². The number of benzene rings is 4. The van der Waals surface area contributed by atoms with E-state index in [2.05, 4.69) is 54.6 Å². The minimum Gasteiger partial charge on any atom is -0.494 e. The van der Waals surface area contributed by atoms with Crippen LogP contribution in [0.2, 0.25) is 0 Å². The number of nitrogens with zero attached hydrogens (tertiary/aromatic N) is 1. The Hall–Kier alpha value is -3.99. The lowest BCUT2D eigenvalue weighted by Gasteiger charge is -2.43. The Kier molecular flexibility index (Phi) is 14.8.